The highest BCUT2D eigenvalue weighted by atomic mass is 16.6. The van der Waals surface area contributed by atoms with Gasteiger partial charge in [0.05, 0.1) is 0 Å². The van der Waals surface area contributed by atoms with Gasteiger partial charge in [0.15, 0.2) is 18.1 Å². The lowest BCUT2D eigenvalue weighted by Gasteiger charge is -2.36. The molecular weight excluding hydrogens is 202 g/mol. The topological polar surface area (TPSA) is 83.9 Å². The van der Waals surface area contributed by atoms with Crippen molar-refractivity contribution in [2.45, 2.75) is 38.1 Å². The van der Waals surface area contributed by atoms with Crippen LogP contribution in [0, 0.1) is 0 Å². The van der Waals surface area contributed by atoms with Gasteiger partial charge in [-0.25, -0.2) is 4.79 Å². The Balaban J connectivity index is 2.10. The maximum atomic E-state index is 11.4. The largest absolute Gasteiger partial charge is 0.434 e. The van der Waals surface area contributed by atoms with E-state index in [9.17, 15) is 14.4 Å². The molecule has 0 saturated carbocycles. The summed E-state index contributed by atoms with van der Waals surface area (Å²) >= 11 is 0. The lowest BCUT2D eigenvalue weighted by Crippen LogP contribution is -2.55. The number of β-lactam (4-membered cyclic amide) rings is 1. The van der Waals surface area contributed by atoms with E-state index in [1.807, 2.05) is 0 Å². The Kier molecular flexibility index (Phi) is 2.22. The van der Waals surface area contributed by atoms with Crippen molar-refractivity contribution in [2.75, 3.05) is 0 Å². The number of rotatable bonds is 2. The minimum absolute atomic E-state index is 0.142. The fraction of sp³-hybridized carbons (Fsp3) is 0.667. The molecule has 2 unspecified atom stereocenters. The summed E-state index contributed by atoms with van der Waals surface area (Å²) in [6, 6.07) is -1.28. The second-order valence-corrected chi connectivity index (χ2v) is 3.77. The number of nitrogens with zero attached hydrogens (tertiary/aromatic N) is 1. The molecule has 1 amide bonds. The number of aliphatic hydroxyl groups is 1. The van der Waals surface area contributed by atoms with Crippen molar-refractivity contribution in [3.05, 3.63) is 0 Å². The molecule has 0 aliphatic carbocycles. The van der Waals surface area contributed by atoms with E-state index in [-0.39, 0.29) is 24.2 Å². The Morgan fingerprint density at radius 2 is 2.20 bits per heavy atom. The van der Waals surface area contributed by atoms with Gasteiger partial charge < -0.3 is 14.7 Å². The quantitative estimate of drug-likeness (QED) is 0.270. The van der Waals surface area contributed by atoms with Crippen LogP contribution in [0.5, 0.6) is 0 Å². The van der Waals surface area contributed by atoms with Crippen LogP contribution in [0.2, 0.25) is 0 Å². The number of amides is 1. The average Bonchev–Trinajstić information content (AvgIpc) is 2.36. The standard InChI is InChI=1S/C9H11NO5/c1-4(11)15-9(14)8-6(12)2-5-3-7(13)10(5)8/h4-5,8,11H,2-3H2,1H3/t4-,5?,8?/m1/s1. The van der Waals surface area contributed by atoms with E-state index in [2.05, 4.69) is 4.74 Å². The number of esters is 1. The molecule has 0 aromatic rings. The zero-order valence-electron chi connectivity index (χ0n) is 8.17. The van der Waals surface area contributed by atoms with Crippen molar-refractivity contribution in [1.29, 1.82) is 0 Å². The summed E-state index contributed by atoms with van der Waals surface area (Å²) in [4.78, 5) is 35.2. The summed E-state index contributed by atoms with van der Waals surface area (Å²) in [6.07, 6.45) is -0.726. The van der Waals surface area contributed by atoms with Crippen LogP contribution in [-0.2, 0) is 19.1 Å². The van der Waals surface area contributed by atoms with Crippen LogP contribution in [0.3, 0.4) is 0 Å². The number of aliphatic hydroxyl groups excluding tert-OH is 1. The number of hydrogen-bond acceptors (Lipinski definition) is 5. The molecule has 2 fully saturated rings. The predicted octanol–water partition coefficient (Wildman–Crippen LogP) is -1.19. The molecule has 82 valence electrons. The molecule has 0 bridgehead atoms. The first-order chi connectivity index (χ1) is 7.00. The number of ether oxygens (including phenoxy) is 1. The van der Waals surface area contributed by atoms with Crippen LogP contribution in [0.4, 0.5) is 0 Å². The van der Waals surface area contributed by atoms with Crippen LogP contribution in [0.1, 0.15) is 19.8 Å². The van der Waals surface area contributed by atoms with E-state index in [4.69, 9.17) is 5.11 Å². The number of ketones is 1. The zero-order chi connectivity index (χ0) is 11.2. The molecule has 2 rings (SSSR count). The van der Waals surface area contributed by atoms with Gasteiger partial charge in [-0.2, -0.15) is 0 Å². The molecule has 2 heterocycles. The van der Waals surface area contributed by atoms with Crippen molar-refractivity contribution in [3.8, 4) is 0 Å². The fourth-order valence-corrected chi connectivity index (χ4v) is 2.00. The van der Waals surface area contributed by atoms with Gasteiger partial charge in [0, 0.05) is 18.9 Å². The molecule has 2 saturated heterocycles. The Morgan fingerprint density at radius 3 is 2.73 bits per heavy atom. The second-order valence-electron chi connectivity index (χ2n) is 3.77. The number of hydrogen-bond donors (Lipinski definition) is 1. The summed E-state index contributed by atoms with van der Waals surface area (Å²) in [6.45, 7) is 1.27. The molecule has 0 aromatic carbocycles. The SMILES string of the molecule is C[C@H](O)OC(=O)C1C(=O)CC2CC(=O)N21. The van der Waals surface area contributed by atoms with Crippen LogP contribution in [-0.4, -0.2) is 46.0 Å². The number of carbonyl (C=O) groups is 3. The van der Waals surface area contributed by atoms with Gasteiger partial charge in [0.2, 0.25) is 5.91 Å². The normalized spacial score (nSPS) is 30.9. The third kappa shape index (κ3) is 1.50. The van der Waals surface area contributed by atoms with Crippen molar-refractivity contribution in [2.24, 2.45) is 0 Å². The highest BCUT2D eigenvalue weighted by molar-refractivity contribution is 6.10. The smallest absolute Gasteiger partial charge is 0.338 e. The second kappa shape index (κ2) is 3.30. The Bertz CT molecular complexity index is 337. The highest BCUT2D eigenvalue weighted by Crippen LogP contribution is 2.33. The van der Waals surface area contributed by atoms with Crippen LogP contribution >= 0.6 is 0 Å². The number of carbonyl (C=O) groups excluding carboxylic acids is 3. The summed E-state index contributed by atoms with van der Waals surface area (Å²) in [5.41, 5.74) is 0. The lowest BCUT2D eigenvalue weighted by atomic mass is 10.0. The molecule has 2 aliphatic rings. The van der Waals surface area contributed by atoms with Gasteiger partial charge in [-0.15, -0.1) is 0 Å². The van der Waals surface area contributed by atoms with Crippen molar-refractivity contribution < 1.29 is 24.2 Å². The van der Waals surface area contributed by atoms with Gasteiger partial charge in [-0.05, 0) is 6.92 Å². The Hall–Kier alpha value is -1.43. The zero-order valence-corrected chi connectivity index (χ0v) is 8.17. The third-order valence-corrected chi connectivity index (χ3v) is 2.62. The molecule has 0 radical (unpaired) electrons. The van der Waals surface area contributed by atoms with E-state index in [0.717, 1.165) is 0 Å². The molecule has 1 N–H and O–H groups in total. The van der Waals surface area contributed by atoms with Gasteiger partial charge in [-0.3, -0.25) is 9.59 Å². The van der Waals surface area contributed by atoms with E-state index in [0.29, 0.717) is 6.42 Å². The maximum Gasteiger partial charge on any atom is 0.338 e. The van der Waals surface area contributed by atoms with Gasteiger partial charge in [-0.1, -0.05) is 0 Å². The molecule has 0 spiro atoms. The van der Waals surface area contributed by atoms with Gasteiger partial charge >= 0.3 is 5.97 Å². The Labute approximate surface area is 85.8 Å². The van der Waals surface area contributed by atoms with Gasteiger partial charge in [0.1, 0.15) is 0 Å². The first-order valence-electron chi connectivity index (χ1n) is 4.73. The van der Waals surface area contributed by atoms with E-state index >= 15 is 0 Å². The molecule has 0 aromatic heterocycles. The minimum atomic E-state index is -1.26. The third-order valence-electron chi connectivity index (χ3n) is 2.62. The van der Waals surface area contributed by atoms with E-state index < -0.39 is 18.3 Å². The van der Waals surface area contributed by atoms with Crippen molar-refractivity contribution in [3.63, 3.8) is 0 Å². The first kappa shape index (κ1) is 10.1. The molecule has 6 heteroatoms. The maximum absolute atomic E-state index is 11.4. The lowest BCUT2D eigenvalue weighted by molar-refractivity contribution is -0.176. The monoisotopic (exact) mass is 213 g/mol. The molecule has 2 aliphatic heterocycles. The van der Waals surface area contributed by atoms with E-state index in [1.165, 1.54) is 11.8 Å². The molecule has 15 heavy (non-hydrogen) atoms. The minimum Gasteiger partial charge on any atom is -0.434 e. The highest BCUT2D eigenvalue weighted by Gasteiger charge is 2.54. The molecular formula is C9H11NO5. The molecule has 3 atom stereocenters. The van der Waals surface area contributed by atoms with Gasteiger partial charge in [0.25, 0.3) is 0 Å². The summed E-state index contributed by atoms with van der Waals surface area (Å²) in [5, 5.41) is 8.85. The Morgan fingerprint density at radius 1 is 1.53 bits per heavy atom. The predicted molar refractivity (Wildman–Crippen MR) is 46.4 cm³/mol. The summed E-state index contributed by atoms with van der Waals surface area (Å²) in [7, 11) is 0. The van der Waals surface area contributed by atoms with Crippen molar-refractivity contribution in [1.82, 2.24) is 4.90 Å². The van der Waals surface area contributed by atoms with Crippen LogP contribution < -0.4 is 0 Å². The molecule has 6 nitrogen and oxygen atoms in total. The number of Topliss-reactive ketones (excluding diaryl/α,β-unsaturated/α-hetero) is 1. The average molecular weight is 213 g/mol. The van der Waals surface area contributed by atoms with Crippen molar-refractivity contribution >= 4 is 17.7 Å². The summed E-state index contributed by atoms with van der Waals surface area (Å²) < 4.78 is 4.51. The van der Waals surface area contributed by atoms with E-state index in [1.54, 1.807) is 0 Å². The first-order valence-corrected chi connectivity index (χ1v) is 4.73. The summed E-state index contributed by atoms with van der Waals surface area (Å²) in [5.74, 6) is -1.36. The van der Waals surface area contributed by atoms with Crippen LogP contribution in [0.15, 0.2) is 0 Å². The fourth-order valence-electron chi connectivity index (χ4n) is 2.00. The number of fused-ring (bicyclic) bond motifs is 1. The van der Waals surface area contributed by atoms with Crippen LogP contribution in [0.25, 0.3) is 0 Å².